The van der Waals surface area contributed by atoms with Gasteiger partial charge in [-0.25, -0.2) is 0 Å². The largest absolute Gasteiger partial charge is 0.507 e. The van der Waals surface area contributed by atoms with E-state index in [1.165, 1.54) is 76.2 Å². The second-order valence-electron chi connectivity index (χ2n) is 15.9. The number of hydrogen-bond acceptors (Lipinski definition) is 12. The molecule has 0 aliphatic carbocycles. The van der Waals surface area contributed by atoms with Crippen molar-refractivity contribution in [1.82, 2.24) is 30.7 Å². The maximum Gasteiger partial charge on any atom is 0.245 e. The Labute approximate surface area is 359 Å². The van der Waals surface area contributed by atoms with E-state index in [4.69, 9.17) is 5.73 Å². The highest BCUT2D eigenvalue weighted by atomic mass is 16.3. The number of likely N-dealkylation sites (N-methyl/N-ethyl adjacent to an activating group) is 2. The SMILES string of the molecule is CCC(=O)N(C)[C@H](CO)C(=O)N[C@H](C)C(=O)CCC(=O)N(C)[C@@H]1C(=O)C[C@@H](C)C(=O)N[C@H](C(=O)N[C@@H](C)C(=O)N2CCCC2C(N)=O)Cc2ccc(O)c(c2)-c2cc1ccc2O. The second kappa shape index (κ2) is 20.9. The third-order valence-electron chi connectivity index (χ3n) is 11.5. The summed E-state index contributed by atoms with van der Waals surface area (Å²) in [7, 11) is 2.69. The van der Waals surface area contributed by atoms with Gasteiger partial charge in [-0.1, -0.05) is 26.0 Å². The lowest BCUT2D eigenvalue weighted by molar-refractivity contribution is -0.141. The van der Waals surface area contributed by atoms with Crippen LogP contribution in [-0.2, 0) is 49.6 Å². The first-order chi connectivity index (χ1) is 29.2. The first-order valence-corrected chi connectivity index (χ1v) is 20.5. The lowest BCUT2D eigenvalue weighted by Gasteiger charge is -2.30. The Hall–Kier alpha value is -6.37. The van der Waals surface area contributed by atoms with Crippen LogP contribution in [0.4, 0.5) is 0 Å². The van der Waals surface area contributed by atoms with E-state index in [9.17, 15) is 58.5 Å². The van der Waals surface area contributed by atoms with Gasteiger partial charge in [-0.3, -0.25) is 43.2 Å². The minimum Gasteiger partial charge on any atom is -0.507 e. The lowest BCUT2D eigenvalue weighted by atomic mass is 9.89. The van der Waals surface area contributed by atoms with E-state index < -0.39 is 115 Å². The van der Waals surface area contributed by atoms with Crippen molar-refractivity contribution in [3.63, 3.8) is 0 Å². The Bertz CT molecular complexity index is 2090. The van der Waals surface area contributed by atoms with Gasteiger partial charge in [0.15, 0.2) is 11.6 Å². The van der Waals surface area contributed by atoms with Crippen molar-refractivity contribution < 1.29 is 58.5 Å². The summed E-state index contributed by atoms with van der Waals surface area (Å²) in [6.07, 6.45) is -0.311. The summed E-state index contributed by atoms with van der Waals surface area (Å²) < 4.78 is 0. The maximum absolute atomic E-state index is 14.2. The first-order valence-electron chi connectivity index (χ1n) is 20.5. The highest BCUT2D eigenvalue weighted by molar-refractivity contribution is 5.98. The average molecular weight is 864 g/mol. The van der Waals surface area contributed by atoms with Crippen molar-refractivity contribution in [2.24, 2.45) is 11.7 Å². The van der Waals surface area contributed by atoms with Crippen LogP contribution in [0.5, 0.6) is 11.5 Å². The highest BCUT2D eigenvalue weighted by Crippen LogP contribution is 2.39. The number of aromatic hydroxyl groups is 2. The van der Waals surface area contributed by atoms with Gasteiger partial charge in [0.1, 0.15) is 41.7 Å². The molecule has 4 rings (SSSR count). The zero-order chi connectivity index (χ0) is 46.2. The van der Waals surface area contributed by atoms with Crippen molar-refractivity contribution in [3.8, 4) is 22.6 Å². The average Bonchev–Trinajstić information content (AvgIpc) is 3.73. The number of aliphatic hydroxyl groups is 1. The predicted octanol–water partition coefficient (Wildman–Crippen LogP) is -0.0352. The Morgan fingerprint density at radius 1 is 0.903 bits per heavy atom. The van der Waals surface area contributed by atoms with Gasteiger partial charge in [0, 0.05) is 69.8 Å². The van der Waals surface area contributed by atoms with Gasteiger partial charge < -0.3 is 51.7 Å². The topological polar surface area (TPSA) is 286 Å². The monoisotopic (exact) mass is 863 g/mol. The van der Waals surface area contributed by atoms with Gasteiger partial charge in [0.2, 0.25) is 41.4 Å². The van der Waals surface area contributed by atoms with E-state index in [1.807, 2.05) is 0 Å². The number of rotatable bonds is 14. The fraction of sp³-hybridized carbons (Fsp3) is 0.512. The highest BCUT2D eigenvalue weighted by Gasteiger charge is 2.37. The van der Waals surface area contributed by atoms with Crippen LogP contribution in [0, 0.1) is 5.92 Å². The third kappa shape index (κ3) is 11.3. The smallest absolute Gasteiger partial charge is 0.245 e. The van der Waals surface area contributed by atoms with Crippen molar-refractivity contribution in [3.05, 3.63) is 47.5 Å². The molecule has 7 atom stereocenters. The maximum atomic E-state index is 14.2. The molecular formula is C43H57N7O12. The summed E-state index contributed by atoms with van der Waals surface area (Å²) in [5.41, 5.74) is 6.32. The number of carbonyl (C=O) groups is 9. The van der Waals surface area contributed by atoms with Crippen LogP contribution in [0.2, 0.25) is 0 Å². The number of nitrogens with zero attached hydrogens (tertiary/aromatic N) is 3. The number of benzene rings is 2. The van der Waals surface area contributed by atoms with Crippen molar-refractivity contribution in [1.29, 1.82) is 0 Å². The molecule has 0 aromatic heterocycles. The van der Waals surface area contributed by atoms with Crippen LogP contribution in [0.3, 0.4) is 0 Å². The molecular weight excluding hydrogens is 807 g/mol. The molecule has 19 heteroatoms. The number of phenols is 2. The molecule has 0 spiro atoms. The van der Waals surface area contributed by atoms with E-state index in [0.717, 1.165) is 9.80 Å². The number of Topliss-reactive ketones (excluding diaryl/α,β-unsaturated/α-hetero) is 2. The molecule has 0 saturated carbocycles. The summed E-state index contributed by atoms with van der Waals surface area (Å²) in [6.45, 7) is 5.48. The van der Waals surface area contributed by atoms with Crippen LogP contribution in [0.25, 0.3) is 11.1 Å². The summed E-state index contributed by atoms with van der Waals surface area (Å²) in [6, 6.07) is 1.52. The van der Waals surface area contributed by atoms with Gasteiger partial charge in [-0.05, 0) is 62.1 Å². The quantitative estimate of drug-likeness (QED) is 0.132. The number of nitrogens with two attached hydrogens (primary N) is 1. The number of likely N-dealkylation sites (tertiary alicyclic amines) is 1. The number of fused-ring (bicyclic) bond motifs is 5. The second-order valence-corrected chi connectivity index (χ2v) is 15.9. The fourth-order valence-corrected chi connectivity index (χ4v) is 7.67. The molecule has 4 bridgehead atoms. The third-order valence-corrected chi connectivity index (χ3v) is 11.5. The molecule has 1 saturated heterocycles. The standard InChI is InChI=1S/C43H57N7O12/c1-7-36(56)48(5)31(21-51)42(61)45-23(3)32(52)14-15-37(57)49(6)38-26-11-13-34(54)28(20-26)27-18-25(10-12-33(27)53)19-29(47-40(59)22(2)17-35(38)55)41(60)46-24(4)43(62)50-16-8-9-30(50)39(44)58/h10-13,18,20,22-24,29-31,38,51,53-54H,7-9,14-17,19,21H2,1-6H3,(H2,44,58)(H,45,61)(H,46,60)(H,47,59)/t22-,23-,24+,29+,30?,31-,38+/m1/s1. The van der Waals surface area contributed by atoms with E-state index >= 15 is 0 Å². The number of hydrogen-bond donors (Lipinski definition) is 7. The summed E-state index contributed by atoms with van der Waals surface area (Å²) in [5.74, 6) is -7.26. The molecule has 2 aromatic carbocycles. The normalized spacial score (nSPS) is 20.4. The molecule has 1 fully saturated rings. The van der Waals surface area contributed by atoms with Crippen molar-refractivity contribution >= 4 is 52.9 Å². The number of aliphatic hydroxyl groups excluding tert-OH is 1. The molecule has 0 radical (unpaired) electrons. The number of ketones is 2. The van der Waals surface area contributed by atoms with Crippen LogP contribution < -0.4 is 21.7 Å². The minimum atomic E-state index is -1.37. The van der Waals surface area contributed by atoms with E-state index in [0.29, 0.717) is 18.4 Å². The van der Waals surface area contributed by atoms with Crippen molar-refractivity contribution in [2.75, 3.05) is 27.2 Å². The Morgan fingerprint density at radius 3 is 2.18 bits per heavy atom. The van der Waals surface area contributed by atoms with E-state index in [1.54, 1.807) is 6.92 Å². The van der Waals surface area contributed by atoms with E-state index in [-0.39, 0.29) is 54.0 Å². The molecule has 2 aliphatic rings. The van der Waals surface area contributed by atoms with Gasteiger partial charge >= 0.3 is 0 Å². The zero-order valence-electron chi connectivity index (χ0n) is 35.8. The molecule has 2 aromatic rings. The van der Waals surface area contributed by atoms with Crippen LogP contribution >= 0.6 is 0 Å². The van der Waals surface area contributed by atoms with Gasteiger partial charge in [-0.15, -0.1) is 0 Å². The van der Waals surface area contributed by atoms with E-state index in [2.05, 4.69) is 16.0 Å². The molecule has 8 N–H and O–H groups in total. The zero-order valence-corrected chi connectivity index (χ0v) is 35.8. The summed E-state index contributed by atoms with van der Waals surface area (Å²) >= 11 is 0. The number of amides is 7. The first kappa shape index (κ1) is 48.3. The molecule has 1 unspecified atom stereocenters. The van der Waals surface area contributed by atoms with Crippen LogP contribution in [0.15, 0.2) is 36.4 Å². The Balaban J connectivity index is 1.59. The predicted molar refractivity (Wildman–Crippen MR) is 222 cm³/mol. The molecule has 336 valence electrons. The molecule has 19 nitrogen and oxygen atoms in total. The van der Waals surface area contributed by atoms with Crippen LogP contribution in [-0.4, -0.2) is 140 Å². The number of carbonyl (C=O) groups excluding carboxylic acids is 9. The minimum absolute atomic E-state index is 0.0803. The van der Waals surface area contributed by atoms with Gasteiger partial charge in [-0.2, -0.15) is 0 Å². The summed E-state index contributed by atoms with van der Waals surface area (Å²) in [5, 5.41) is 39.6. The van der Waals surface area contributed by atoms with Crippen molar-refractivity contribution in [2.45, 2.75) is 109 Å². The number of phenolic OH excluding ortho intramolecular Hbond substituents is 2. The molecule has 2 aliphatic heterocycles. The molecule has 62 heavy (non-hydrogen) atoms. The fourth-order valence-electron chi connectivity index (χ4n) is 7.67. The number of primary amides is 1. The molecule has 2 heterocycles. The Morgan fingerprint density at radius 2 is 1.55 bits per heavy atom. The summed E-state index contributed by atoms with van der Waals surface area (Å²) in [4.78, 5) is 122. The van der Waals surface area contributed by atoms with Gasteiger partial charge in [0.25, 0.3) is 0 Å². The number of nitrogens with one attached hydrogen (secondary N) is 3. The van der Waals surface area contributed by atoms with Gasteiger partial charge in [0.05, 0.1) is 12.6 Å². The lowest BCUT2D eigenvalue weighted by Crippen LogP contribution is -2.56. The Kier molecular flexibility index (Phi) is 16.3. The van der Waals surface area contributed by atoms with Crippen LogP contribution in [0.1, 0.15) is 83.4 Å². The molecule has 7 amide bonds.